The van der Waals surface area contributed by atoms with E-state index in [1.165, 1.54) is 36.5 Å². The lowest BCUT2D eigenvalue weighted by atomic mass is 10.2. The molecule has 9 heteroatoms. The number of carbonyl (C=O) groups is 1. The van der Waals surface area contributed by atoms with Crippen molar-refractivity contribution in [3.05, 3.63) is 66.1 Å². The van der Waals surface area contributed by atoms with E-state index in [0.717, 1.165) is 18.5 Å². The van der Waals surface area contributed by atoms with E-state index in [-0.39, 0.29) is 23.0 Å². The van der Waals surface area contributed by atoms with Gasteiger partial charge in [-0.1, -0.05) is 12.1 Å². The molecule has 0 fully saturated rings. The van der Waals surface area contributed by atoms with Crippen LogP contribution in [0.2, 0.25) is 0 Å². The van der Waals surface area contributed by atoms with E-state index < -0.39 is 17.7 Å². The van der Waals surface area contributed by atoms with Crippen LogP contribution in [0.25, 0.3) is 11.4 Å². The van der Waals surface area contributed by atoms with Gasteiger partial charge >= 0.3 is 12.1 Å². The van der Waals surface area contributed by atoms with Gasteiger partial charge in [0.2, 0.25) is 5.88 Å². The van der Waals surface area contributed by atoms with Gasteiger partial charge in [-0.2, -0.15) is 13.2 Å². The fraction of sp³-hybridized carbons (Fsp3) is 0.0588. The maximum Gasteiger partial charge on any atom is 0.419 e. The Balaban J connectivity index is 1.82. The Hall–Kier alpha value is -3.49. The van der Waals surface area contributed by atoms with Gasteiger partial charge in [-0.05, 0) is 18.2 Å². The van der Waals surface area contributed by atoms with Crippen LogP contribution in [0.15, 0.2) is 55.0 Å². The van der Waals surface area contributed by atoms with Crippen LogP contribution in [0, 0.1) is 0 Å². The van der Waals surface area contributed by atoms with E-state index >= 15 is 0 Å². The van der Waals surface area contributed by atoms with Gasteiger partial charge in [0.1, 0.15) is 5.75 Å². The molecular formula is C17H10F3N3O3. The summed E-state index contributed by atoms with van der Waals surface area (Å²) in [4.78, 5) is 22.5. The van der Waals surface area contributed by atoms with Crippen molar-refractivity contribution in [3.8, 4) is 23.0 Å². The third-order valence-corrected chi connectivity index (χ3v) is 3.30. The van der Waals surface area contributed by atoms with Crippen molar-refractivity contribution >= 4 is 5.97 Å². The number of nitrogens with zero attached hydrogens (tertiary/aromatic N) is 3. The van der Waals surface area contributed by atoms with Gasteiger partial charge in [0, 0.05) is 30.2 Å². The predicted octanol–water partition coefficient (Wildman–Crippen LogP) is 4.05. The van der Waals surface area contributed by atoms with Gasteiger partial charge in [0.05, 0.1) is 11.1 Å². The number of benzene rings is 1. The summed E-state index contributed by atoms with van der Waals surface area (Å²) in [7, 11) is 0. The Bertz CT molecular complexity index is 926. The largest absolute Gasteiger partial charge is 0.478 e. The molecule has 0 aliphatic carbocycles. The smallest absolute Gasteiger partial charge is 0.419 e. The molecule has 132 valence electrons. The number of hydrogen-bond acceptors (Lipinski definition) is 5. The van der Waals surface area contributed by atoms with Crippen LogP contribution in [-0.4, -0.2) is 26.0 Å². The summed E-state index contributed by atoms with van der Waals surface area (Å²) in [6.07, 6.45) is -0.930. The lowest BCUT2D eigenvalue weighted by Crippen LogP contribution is -2.07. The number of hydrogen-bond donors (Lipinski definition) is 1. The number of ether oxygens (including phenoxy) is 1. The first-order valence-corrected chi connectivity index (χ1v) is 7.20. The minimum atomic E-state index is -4.55. The highest BCUT2D eigenvalue weighted by atomic mass is 19.4. The van der Waals surface area contributed by atoms with E-state index in [2.05, 4.69) is 15.0 Å². The van der Waals surface area contributed by atoms with Gasteiger partial charge in [-0.25, -0.2) is 19.7 Å². The van der Waals surface area contributed by atoms with Crippen LogP contribution in [0.4, 0.5) is 13.2 Å². The molecule has 3 rings (SSSR count). The van der Waals surface area contributed by atoms with E-state index in [9.17, 15) is 18.0 Å². The molecule has 0 saturated carbocycles. The normalized spacial score (nSPS) is 11.2. The number of para-hydroxylation sites is 1. The molecule has 0 saturated heterocycles. The summed E-state index contributed by atoms with van der Waals surface area (Å²) in [6.45, 7) is 0. The second-order valence-corrected chi connectivity index (χ2v) is 5.08. The molecule has 26 heavy (non-hydrogen) atoms. The Labute approximate surface area is 145 Å². The summed E-state index contributed by atoms with van der Waals surface area (Å²) < 4.78 is 44.1. The molecule has 0 unspecified atom stereocenters. The molecule has 0 bridgehead atoms. The Morgan fingerprint density at radius 1 is 0.962 bits per heavy atom. The summed E-state index contributed by atoms with van der Waals surface area (Å²) >= 11 is 0. The van der Waals surface area contributed by atoms with Crippen molar-refractivity contribution in [2.75, 3.05) is 0 Å². The highest BCUT2D eigenvalue weighted by Gasteiger charge is 2.34. The van der Waals surface area contributed by atoms with Gasteiger partial charge < -0.3 is 9.84 Å². The average Bonchev–Trinajstić information content (AvgIpc) is 2.62. The maximum atomic E-state index is 13.0. The molecular weight excluding hydrogens is 351 g/mol. The number of pyridine rings is 1. The van der Waals surface area contributed by atoms with Crippen LogP contribution >= 0.6 is 0 Å². The molecule has 1 aromatic carbocycles. The lowest BCUT2D eigenvalue weighted by molar-refractivity contribution is -0.138. The fourth-order valence-electron chi connectivity index (χ4n) is 2.06. The zero-order valence-electron chi connectivity index (χ0n) is 12.9. The monoisotopic (exact) mass is 361 g/mol. The van der Waals surface area contributed by atoms with Crippen molar-refractivity contribution in [2.45, 2.75) is 6.18 Å². The SMILES string of the molecule is O=C(O)c1cnc(-c2ccc(Oc3ccccc3C(F)(F)F)nc2)nc1. The van der Waals surface area contributed by atoms with Crippen molar-refractivity contribution in [2.24, 2.45) is 0 Å². The fourth-order valence-corrected chi connectivity index (χ4v) is 2.06. The quantitative estimate of drug-likeness (QED) is 0.755. The van der Waals surface area contributed by atoms with Gasteiger partial charge in [-0.15, -0.1) is 0 Å². The summed E-state index contributed by atoms with van der Waals surface area (Å²) in [5, 5.41) is 8.81. The Morgan fingerprint density at radius 3 is 2.23 bits per heavy atom. The molecule has 0 amide bonds. The number of carboxylic acids is 1. The van der Waals surface area contributed by atoms with Gasteiger partial charge in [0.15, 0.2) is 5.82 Å². The van der Waals surface area contributed by atoms with Crippen molar-refractivity contribution in [1.82, 2.24) is 15.0 Å². The van der Waals surface area contributed by atoms with Gasteiger partial charge in [0.25, 0.3) is 0 Å². The highest BCUT2D eigenvalue weighted by molar-refractivity contribution is 5.86. The van der Waals surface area contributed by atoms with Crippen molar-refractivity contribution in [1.29, 1.82) is 0 Å². The molecule has 0 aliphatic rings. The molecule has 6 nitrogen and oxygen atoms in total. The first-order chi connectivity index (χ1) is 12.3. The Kier molecular flexibility index (Phi) is 4.53. The third-order valence-electron chi connectivity index (χ3n) is 3.30. The number of alkyl halides is 3. The molecule has 2 heterocycles. The van der Waals surface area contributed by atoms with Gasteiger partial charge in [-0.3, -0.25) is 0 Å². The molecule has 2 aromatic heterocycles. The third kappa shape index (κ3) is 3.77. The minimum Gasteiger partial charge on any atom is -0.478 e. The van der Waals surface area contributed by atoms with Crippen LogP contribution < -0.4 is 4.74 Å². The molecule has 0 aliphatic heterocycles. The summed E-state index contributed by atoms with van der Waals surface area (Å²) in [5.74, 6) is -1.32. The number of halogens is 3. The number of aromatic carboxylic acids is 1. The standard InChI is InChI=1S/C17H10F3N3O3/c18-17(19,20)12-3-1-2-4-13(12)26-14-6-5-10(7-21-14)15-22-8-11(9-23-15)16(24)25/h1-9H,(H,24,25). The topological polar surface area (TPSA) is 85.2 Å². The van der Waals surface area contributed by atoms with E-state index in [1.807, 2.05) is 0 Å². The first kappa shape index (κ1) is 17.3. The van der Waals surface area contributed by atoms with Crippen molar-refractivity contribution in [3.63, 3.8) is 0 Å². The van der Waals surface area contributed by atoms with Crippen molar-refractivity contribution < 1.29 is 27.8 Å². The van der Waals surface area contributed by atoms with Crippen LogP contribution in [0.5, 0.6) is 11.6 Å². The van der Waals surface area contributed by atoms with E-state index in [4.69, 9.17) is 9.84 Å². The highest BCUT2D eigenvalue weighted by Crippen LogP contribution is 2.37. The zero-order chi connectivity index (χ0) is 18.7. The predicted molar refractivity (Wildman–Crippen MR) is 83.7 cm³/mol. The molecule has 0 spiro atoms. The average molecular weight is 361 g/mol. The maximum absolute atomic E-state index is 13.0. The number of carboxylic acid groups (broad SMARTS) is 1. The molecule has 1 N–H and O–H groups in total. The Morgan fingerprint density at radius 2 is 1.65 bits per heavy atom. The zero-order valence-corrected chi connectivity index (χ0v) is 12.9. The molecule has 0 radical (unpaired) electrons. The lowest BCUT2D eigenvalue weighted by Gasteiger charge is -2.12. The minimum absolute atomic E-state index is 0.0346. The van der Waals surface area contributed by atoms with Crippen LogP contribution in [0.3, 0.4) is 0 Å². The van der Waals surface area contributed by atoms with Crippen LogP contribution in [0.1, 0.15) is 15.9 Å². The van der Waals surface area contributed by atoms with Crippen LogP contribution in [-0.2, 0) is 6.18 Å². The number of aromatic nitrogens is 3. The summed E-state index contributed by atoms with van der Waals surface area (Å²) in [6, 6.07) is 7.69. The summed E-state index contributed by atoms with van der Waals surface area (Å²) in [5.41, 5.74) is -0.512. The van der Waals surface area contributed by atoms with E-state index in [0.29, 0.717) is 5.56 Å². The van der Waals surface area contributed by atoms with E-state index in [1.54, 1.807) is 0 Å². The molecule has 0 atom stereocenters. The number of rotatable bonds is 4. The second kappa shape index (κ2) is 6.79. The first-order valence-electron chi connectivity index (χ1n) is 7.20. The second-order valence-electron chi connectivity index (χ2n) is 5.08. The molecule has 3 aromatic rings.